The van der Waals surface area contributed by atoms with Crippen molar-refractivity contribution in [3.05, 3.63) is 17.6 Å². The van der Waals surface area contributed by atoms with Crippen molar-refractivity contribution < 1.29 is 4.74 Å². The zero-order valence-electron chi connectivity index (χ0n) is 12.9. The predicted molar refractivity (Wildman–Crippen MR) is 80.3 cm³/mol. The summed E-state index contributed by atoms with van der Waals surface area (Å²) in [6, 6.07) is 1.91. The van der Waals surface area contributed by atoms with Crippen molar-refractivity contribution in [1.82, 2.24) is 9.97 Å². The Labute approximate surface area is 121 Å². The average Bonchev–Trinajstić information content (AvgIpc) is 2.48. The Bertz CT molecular complexity index is 453. The van der Waals surface area contributed by atoms with E-state index in [1.54, 1.807) is 7.11 Å². The molecule has 1 aliphatic carbocycles. The van der Waals surface area contributed by atoms with Crippen LogP contribution in [0.15, 0.2) is 6.07 Å². The number of nitrogens with one attached hydrogen (secondary N) is 1. The minimum absolute atomic E-state index is 0.334. The van der Waals surface area contributed by atoms with Gasteiger partial charge in [-0.2, -0.15) is 0 Å². The van der Waals surface area contributed by atoms with Crippen LogP contribution in [-0.4, -0.2) is 17.1 Å². The number of aromatic nitrogens is 2. The van der Waals surface area contributed by atoms with Gasteiger partial charge in [-0.1, -0.05) is 20.8 Å². The third kappa shape index (κ3) is 2.94. The Balaban J connectivity index is 2.40. The zero-order valence-corrected chi connectivity index (χ0v) is 12.9. The third-order valence-electron chi connectivity index (χ3n) is 4.37. The molecule has 0 aliphatic heterocycles. The number of nitrogens with zero attached hydrogens (tertiary/aromatic N) is 2. The van der Waals surface area contributed by atoms with E-state index in [4.69, 9.17) is 15.6 Å². The minimum Gasteiger partial charge on any atom is -0.370 e. The van der Waals surface area contributed by atoms with Crippen LogP contribution in [0.1, 0.15) is 63.9 Å². The molecule has 0 spiro atoms. The molecule has 20 heavy (non-hydrogen) atoms. The van der Waals surface area contributed by atoms with Crippen molar-refractivity contribution in [2.45, 2.75) is 58.0 Å². The molecule has 0 radical (unpaired) electrons. The number of hydrogen-bond donors (Lipinski definition) is 2. The molecule has 0 unspecified atom stereocenters. The molecule has 1 saturated carbocycles. The van der Waals surface area contributed by atoms with E-state index < -0.39 is 0 Å². The molecule has 1 fully saturated rings. The predicted octanol–water partition coefficient (Wildman–Crippen LogP) is 2.94. The fourth-order valence-corrected chi connectivity index (χ4v) is 2.79. The van der Waals surface area contributed by atoms with Crippen LogP contribution in [-0.2, 0) is 10.3 Å². The molecule has 112 valence electrons. The number of nitrogen functional groups attached to an aromatic ring is 1. The SMILES string of the molecule is COC1(c2nc(NN)cc(C(C)C)n2)CCC(C)CC1. The molecule has 2 rings (SSSR count). The lowest BCUT2D eigenvalue weighted by Crippen LogP contribution is -2.35. The van der Waals surface area contributed by atoms with E-state index in [2.05, 4.69) is 31.2 Å². The van der Waals surface area contributed by atoms with E-state index in [0.29, 0.717) is 11.7 Å². The normalized spacial score (nSPS) is 26.8. The summed E-state index contributed by atoms with van der Waals surface area (Å²) in [4.78, 5) is 9.29. The van der Waals surface area contributed by atoms with Gasteiger partial charge in [0, 0.05) is 18.9 Å². The van der Waals surface area contributed by atoms with Crippen LogP contribution in [0.25, 0.3) is 0 Å². The number of rotatable bonds is 4. The second-order valence-corrected chi connectivity index (χ2v) is 6.18. The minimum atomic E-state index is -0.358. The van der Waals surface area contributed by atoms with Gasteiger partial charge in [0.2, 0.25) is 0 Å². The maximum absolute atomic E-state index is 5.85. The molecule has 0 atom stereocenters. The van der Waals surface area contributed by atoms with Gasteiger partial charge in [0.05, 0.1) is 0 Å². The molecule has 3 N–H and O–H groups in total. The Morgan fingerprint density at radius 2 is 2.00 bits per heavy atom. The van der Waals surface area contributed by atoms with E-state index in [9.17, 15) is 0 Å². The van der Waals surface area contributed by atoms with Crippen molar-refractivity contribution in [2.75, 3.05) is 12.5 Å². The standard InChI is InChI=1S/C15H26N4O/c1-10(2)12-9-13(19-16)18-14(17-12)15(20-4)7-5-11(3)6-8-15/h9-11H,5-8,16H2,1-4H3,(H,17,18,19). The monoisotopic (exact) mass is 278 g/mol. The highest BCUT2D eigenvalue weighted by molar-refractivity contribution is 5.36. The van der Waals surface area contributed by atoms with Crippen LogP contribution in [0, 0.1) is 5.92 Å². The first-order valence-electron chi connectivity index (χ1n) is 7.42. The van der Waals surface area contributed by atoms with E-state index >= 15 is 0 Å². The molecule has 0 amide bonds. The first-order chi connectivity index (χ1) is 9.50. The Morgan fingerprint density at radius 3 is 2.50 bits per heavy atom. The largest absolute Gasteiger partial charge is 0.370 e. The first kappa shape index (κ1) is 15.2. The fourth-order valence-electron chi connectivity index (χ4n) is 2.79. The van der Waals surface area contributed by atoms with E-state index in [1.165, 1.54) is 0 Å². The molecule has 1 aliphatic rings. The molecule has 1 heterocycles. The number of anilines is 1. The number of methoxy groups -OCH3 is 1. The fraction of sp³-hybridized carbons (Fsp3) is 0.733. The summed E-state index contributed by atoms with van der Waals surface area (Å²) in [5.74, 6) is 8.06. The van der Waals surface area contributed by atoms with E-state index in [0.717, 1.165) is 43.1 Å². The molecule has 0 bridgehead atoms. The molecular formula is C15H26N4O. The summed E-state index contributed by atoms with van der Waals surface area (Å²) in [5.41, 5.74) is 3.29. The van der Waals surface area contributed by atoms with Crippen LogP contribution in [0.2, 0.25) is 0 Å². The van der Waals surface area contributed by atoms with Crippen LogP contribution in [0.3, 0.4) is 0 Å². The third-order valence-corrected chi connectivity index (χ3v) is 4.37. The zero-order chi connectivity index (χ0) is 14.8. The molecule has 1 aromatic heterocycles. The first-order valence-corrected chi connectivity index (χ1v) is 7.42. The summed E-state index contributed by atoms with van der Waals surface area (Å²) < 4.78 is 5.85. The number of hydrogen-bond acceptors (Lipinski definition) is 5. The highest BCUT2D eigenvalue weighted by Gasteiger charge is 2.39. The second-order valence-electron chi connectivity index (χ2n) is 6.18. The molecular weight excluding hydrogens is 252 g/mol. The van der Waals surface area contributed by atoms with Gasteiger partial charge in [0.15, 0.2) is 5.82 Å². The highest BCUT2D eigenvalue weighted by Crippen LogP contribution is 2.41. The Hall–Kier alpha value is -1.20. The van der Waals surface area contributed by atoms with Crippen molar-refractivity contribution >= 4 is 5.82 Å². The lowest BCUT2D eigenvalue weighted by Gasteiger charge is -2.37. The van der Waals surface area contributed by atoms with Crippen LogP contribution in [0.4, 0.5) is 5.82 Å². The number of nitrogens with two attached hydrogens (primary N) is 1. The van der Waals surface area contributed by atoms with Crippen molar-refractivity contribution in [2.24, 2.45) is 11.8 Å². The molecule has 0 saturated heterocycles. The lowest BCUT2D eigenvalue weighted by atomic mass is 9.79. The molecule has 0 aromatic carbocycles. The van der Waals surface area contributed by atoms with Crippen molar-refractivity contribution in [3.8, 4) is 0 Å². The van der Waals surface area contributed by atoms with Crippen molar-refractivity contribution in [3.63, 3.8) is 0 Å². The number of hydrazine groups is 1. The van der Waals surface area contributed by atoms with Gasteiger partial charge < -0.3 is 10.2 Å². The van der Waals surface area contributed by atoms with E-state index in [-0.39, 0.29) is 5.60 Å². The average molecular weight is 278 g/mol. The van der Waals surface area contributed by atoms with Gasteiger partial charge in [-0.15, -0.1) is 0 Å². The molecule has 5 heteroatoms. The Morgan fingerprint density at radius 1 is 1.35 bits per heavy atom. The molecule has 1 aromatic rings. The molecule has 5 nitrogen and oxygen atoms in total. The maximum atomic E-state index is 5.85. The summed E-state index contributed by atoms with van der Waals surface area (Å²) in [6.45, 7) is 6.53. The maximum Gasteiger partial charge on any atom is 0.162 e. The topological polar surface area (TPSA) is 73.1 Å². The summed E-state index contributed by atoms with van der Waals surface area (Å²) in [5, 5.41) is 0. The van der Waals surface area contributed by atoms with Crippen LogP contribution in [0.5, 0.6) is 0 Å². The lowest BCUT2D eigenvalue weighted by molar-refractivity contribution is -0.0598. The number of ether oxygens (including phenoxy) is 1. The summed E-state index contributed by atoms with van der Waals surface area (Å²) in [7, 11) is 1.76. The summed E-state index contributed by atoms with van der Waals surface area (Å²) in [6.07, 6.45) is 4.23. The van der Waals surface area contributed by atoms with Crippen LogP contribution < -0.4 is 11.3 Å². The van der Waals surface area contributed by atoms with E-state index in [1.807, 2.05) is 6.07 Å². The van der Waals surface area contributed by atoms with Gasteiger partial charge in [0.1, 0.15) is 11.4 Å². The highest BCUT2D eigenvalue weighted by atomic mass is 16.5. The van der Waals surface area contributed by atoms with Crippen molar-refractivity contribution in [1.29, 1.82) is 0 Å². The second kappa shape index (κ2) is 6.06. The smallest absolute Gasteiger partial charge is 0.162 e. The van der Waals surface area contributed by atoms with Gasteiger partial charge in [-0.25, -0.2) is 15.8 Å². The Kier molecular flexibility index (Phi) is 4.60. The van der Waals surface area contributed by atoms with Gasteiger partial charge in [0.25, 0.3) is 0 Å². The van der Waals surface area contributed by atoms with Gasteiger partial charge >= 0.3 is 0 Å². The quantitative estimate of drug-likeness (QED) is 0.654. The van der Waals surface area contributed by atoms with Gasteiger partial charge in [-0.3, -0.25) is 0 Å². The van der Waals surface area contributed by atoms with Crippen LogP contribution >= 0.6 is 0 Å². The van der Waals surface area contributed by atoms with Gasteiger partial charge in [-0.05, 0) is 37.5 Å². The summed E-state index contributed by atoms with van der Waals surface area (Å²) >= 11 is 0.